The zero-order valence-electron chi connectivity index (χ0n) is 15.1. The van der Waals surface area contributed by atoms with Crippen molar-refractivity contribution in [2.45, 2.75) is 11.8 Å². The van der Waals surface area contributed by atoms with Gasteiger partial charge in [-0.05, 0) is 36.8 Å². The minimum Gasteiger partial charge on any atom is -0.484 e. The number of nitrogens with one attached hydrogen (secondary N) is 1. The first kappa shape index (κ1) is 19.5. The van der Waals surface area contributed by atoms with Crippen molar-refractivity contribution in [2.75, 3.05) is 17.7 Å². The third kappa shape index (κ3) is 4.92. The van der Waals surface area contributed by atoms with Gasteiger partial charge < -0.3 is 20.2 Å². The van der Waals surface area contributed by atoms with Gasteiger partial charge in [-0.15, -0.1) is 11.8 Å². The van der Waals surface area contributed by atoms with Gasteiger partial charge >= 0.3 is 5.63 Å². The maximum absolute atomic E-state index is 12.2. The number of carbonyl (C=O) groups is 2. The van der Waals surface area contributed by atoms with Crippen molar-refractivity contribution in [2.24, 2.45) is 5.73 Å². The first-order valence-electron chi connectivity index (χ1n) is 8.39. The van der Waals surface area contributed by atoms with Crippen LogP contribution in [-0.4, -0.2) is 24.2 Å². The summed E-state index contributed by atoms with van der Waals surface area (Å²) in [6.45, 7) is 1.59. The lowest BCUT2D eigenvalue weighted by Gasteiger charge is -2.11. The largest absolute Gasteiger partial charge is 0.484 e. The van der Waals surface area contributed by atoms with E-state index in [1.54, 1.807) is 42.5 Å². The van der Waals surface area contributed by atoms with Gasteiger partial charge in [-0.25, -0.2) is 4.79 Å². The number of fused-ring (bicyclic) bond motifs is 1. The Balaban J connectivity index is 1.66. The Morgan fingerprint density at radius 3 is 2.75 bits per heavy atom. The molecule has 28 heavy (non-hydrogen) atoms. The average Bonchev–Trinajstić information content (AvgIpc) is 2.65. The molecule has 0 aliphatic carbocycles. The first-order valence-corrected chi connectivity index (χ1v) is 9.38. The smallest absolute Gasteiger partial charge is 0.336 e. The van der Waals surface area contributed by atoms with Crippen LogP contribution in [0.15, 0.2) is 62.6 Å². The van der Waals surface area contributed by atoms with Gasteiger partial charge in [-0.1, -0.05) is 12.1 Å². The number of benzene rings is 2. The van der Waals surface area contributed by atoms with Gasteiger partial charge in [0.2, 0.25) is 5.91 Å². The van der Waals surface area contributed by atoms with Crippen molar-refractivity contribution in [1.82, 2.24) is 0 Å². The number of thioether (sulfide) groups is 1. The molecule has 7 nitrogen and oxygen atoms in total. The third-order valence-electron chi connectivity index (χ3n) is 3.82. The summed E-state index contributed by atoms with van der Waals surface area (Å²) in [6, 6.07) is 13.6. The molecule has 0 aliphatic heterocycles. The highest BCUT2D eigenvalue weighted by Gasteiger charge is 2.10. The number of hydrogen-bond donors (Lipinski definition) is 2. The van der Waals surface area contributed by atoms with Gasteiger partial charge in [-0.2, -0.15) is 0 Å². The van der Waals surface area contributed by atoms with E-state index in [1.165, 1.54) is 17.8 Å². The molecule has 3 rings (SSSR count). The van der Waals surface area contributed by atoms with E-state index in [-0.39, 0.29) is 18.3 Å². The molecule has 0 radical (unpaired) electrons. The Bertz CT molecular complexity index is 1090. The molecule has 0 saturated heterocycles. The summed E-state index contributed by atoms with van der Waals surface area (Å²) in [7, 11) is 0. The fraction of sp³-hybridized carbons (Fsp3) is 0.150. The Morgan fingerprint density at radius 1 is 1.18 bits per heavy atom. The van der Waals surface area contributed by atoms with E-state index in [0.717, 1.165) is 15.8 Å². The minimum absolute atomic E-state index is 0.116. The molecular weight excluding hydrogens is 380 g/mol. The van der Waals surface area contributed by atoms with E-state index in [2.05, 4.69) is 5.32 Å². The van der Waals surface area contributed by atoms with Crippen molar-refractivity contribution in [3.05, 3.63) is 64.5 Å². The van der Waals surface area contributed by atoms with Crippen molar-refractivity contribution < 1.29 is 18.7 Å². The van der Waals surface area contributed by atoms with E-state index in [9.17, 15) is 14.4 Å². The van der Waals surface area contributed by atoms with Gasteiger partial charge in [0.05, 0.1) is 11.4 Å². The monoisotopic (exact) mass is 398 g/mol. The highest BCUT2D eigenvalue weighted by Crippen LogP contribution is 2.27. The molecule has 3 N–H and O–H groups in total. The maximum atomic E-state index is 12.2. The second-order valence-corrected chi connectivity index (χ2v) is 7.01. The quantitative estimate of drug-likeness (QED) is 0.467. The van der Waals surface area contributed by atoms with Crippen molar-refractivity contribution in [3.63, 3.8) is 0 Å². The zero-order valence-corrected chi connectivity index (χ0v) is 15.9. The van der Waals surface area contributed by atoms with Crippen LogP contribution >= 0.6 is 11.8 Å². The summed E-state index contributed by atoms with van der Waals surface area (Å²) in [5.41, 5.74) is 6.50. The molecule has 0 fully saturated rings. The number of amides is 2. The van der Waals surface area contributed by atoms with Crippen molar-refractivity contribution in [1.29, 1.82) is 0 Å². The van der Waals surface area contributed by atoms with Crippen LogP contribution < -0.4 is 21.4 Å². The molecule has 2 aromatic carbocycles. The van der Waals surface area contributed by atoms with E-state index in [0.29, 0.717) is 17.0 Å². The van der Waals surface area contributed by atoms with E-state index in [1.807, 2.05) is 6.92 Å². The second kappa shape index (κ2) is 8.62. The van der Waals surface area contributed by atoms with Crippen LogP contribution in [0.4, 0.5) is 5.69 Å². The standard InChI is InChI=1S/C20H18N2O5S/c1-12-8-20(25)27-16-9-13(6-7-14(12)16)26-10-19(24)22-15-4-2-3-5-17(15)28-11-18(21)23/h2-9H,10-11H2,1H3,(H2,21,23)(H,22,24). The van der Waals surface area contributed by atoms with Crippen molar-refractivity contribution >= 4 is 40.2 Å². The number of ether oxygens (including phenoxy) is 1. The first-order chi connectivity index (χ1) is 13.4. The molecule has 2 amide bonds. The number of aryl methyl sites for hydroxylation is 1. The lowest BCUT2D eigenvalue weighted by Crippen LogP contribution is -2.20. The summed E-state index contributed by atoms with van der Waals surface area (Å²) in [6.07, 6.45) is 0. The summed E-state index contributed by atoms with van der Waals surface area (Å²) < 4.78 is 10.7. The Morgan fingerprint density at radius 2 is 1.96 bits per heavy atom. The molecule has 0 saturated carbocycles. The molecular formula is C20H18N2O5S. The van der Waals surface area contributed by atoms with Crippen LogP contribution in [0.2, 0.25) is 0 Å². The molecule has 144 valence electrons. The highest BCUT2D eigenvalue weighted by molar-refractivity contribution is 8.00. The number of hydrogen-bond acceptors (Lipinski definition) is 6. The lowest BCUT2D eigenvalue weighted by molar-refractivity contribution is -0.118. The van der Waals surface area contributed by atoms with Crippen LogP contribution in [0.5, 0.6) is 5.75 Å². The fourth-order valence-electron chi connectivity index (χ4n) is 2.57. The van der Waals surface area contributed by atoms with Gasteiger partial charge in [-0.3, -0.25) is 9.59 Å². The molecule has 0 spiro atoms. The predicted octanol–water partition coefficient (Wildman–Crippen LogP) is 2.70. The van der Waals surface area contributed by atoms with Crippen molar-refractivity contribution in [3.8, 4) is 5.75 Å². The van der Waals surface area contributed by atoms with Gasteiger partial charge in [0, 0.05) is 22.4 Å². The number of carbonyl (C=O) groups excluding carboxylic acids is 2. The van der Waals surface area contributed by atoms with Crippen LogP contribution in [0, 0.1) is 6.92 Å². The molecule has 8 heteroatoms. The number of nitrogens with two attached hydrogens (primary N) is 1. The Hall–Kier alpha value is -3.26. The number of primary amides is 1. The molecule has 1 aromatic heterocycles. The van der Waals surface area contributed by atoms with Crippen LogP contribution in [-0.2, 0) is 9.59 Å². The maximum Gasteiger partial charge on any atom is 0.336 e. The molecule has 1 heterocycles. The number of rotatable bonds is 7. The van der Waals surface area contributed by atoms with Gasteiger partial charge in [0.15, 0.2) is 6.61 Å². The second-order valence-electron chi connectivity index (χ2n) is 5.99. The van der Waals surface area contributed by atoms with E-state index in [4.69, 9.17) is 14.9 Å². The molecule has 0 aliphatic rings. The molecule has 0 atom stereocenters. The Labute approximate surface area is 164 Å². The third-order valence-corrected chi connectivity index (χ3v) is 4.92. The van der Waals surface area contributed by atoms with Crippen LogP contribution in [0.25, 0.3) is 11.0 Å². The molecule has 3 aromatic rings. The SMILES string of the molecule is Cc1cc(=O)oc2cc(OCC(=O)Nc3ccccc3SCC(N)=O)ccc12. The van der Waals surface area contributed by atoms with Crippen LogP contribution in [0.1, 0.15) is 5.56 Å². The summed E-state index contributed by atoms with van der Waals surface area (Å²) in [5.74, 6) is -0.274. The summed E-state index contributed by atoms with van der Waals surface area (Å²) in [5, 5.41) is 3.55. The lowest BCUT2D eigenvalue weighted by atomic mass is 10.1. The summed E-state index contributed by atoms with van der Waals surface area (Å²) in [4.78, 5) is 35.4. The summed E-state index contributed by atoms with van der Waals surface area (Å²) >= 11 is 1.24. The van der Waals surface area contributed by atoms with Crippen LogP contribution in [0.3, 0.4) is 0 Å². The highest BCUT2D eigenvalue weighted by atomic mass is 32.2. The molecule has 0 unspecified atom stereocenters. The zero-order chi connectivity index (χ0) is 20.1. The van der Waals surface area contributed by atoms with E-state index >= 15 is 0 Å². The van der Waals surface area contributed by atoms with E-state index < -0.39 is 11.5 Å². The normalized spacial score (nSPS) is 10.6. The Kier molecular flexibility index (Phi) is 6.00. The number of para-hydroxylation sites is 1. The van der Waals surface area contributed by atoms with Gasteiger partial charge in [0.1, 0.15) is 11.3 Å². The van der Waals surface area contributed by atoms with Gasteiger partial charge in [0.25, 0.3) is 5.91 Å². The topological polar surface area (TPSA) is 112 Å². The number of anilines is 1. The average molecular weight is 398 g/mol. The molecule has 0 bridgehead atoms. The minimum atomic E-state index is -0.440. The predicted molar refractivity (Wildman–Crippen MR) is 108 cm³/mol. The fourth-order valence-corrected chi connectivity index (χ4v) is 3.32.